The molecule has 0 N–H and O–H groups in total. The lowest BCUT2D eigenvalue weighted by atomic mass is 9.90. The third-order valence-electron chi connectivity index (χ3n) is 3.97. The maximum absolute atomic E-state index is 11.7. The van der Waals surface area contributed by atoms with E-state index in [1.54, 1.807) is 0 Å². The summed E-state index contributed by atoms with van der Waals surface area (Å²) in [4.78, 5) is 14.0. The first kappa shape index (κ1) is 12.2. The molecule has 0 aliphatic carbocycles. The van der Waals surface area contributed by atoms with Crippen molar-refractivity contribution in [2.45, 2.75) is 39.7 Å². The Balaban J connectivity index is 2.24. The maximum atomic E-state index is 11.7. The second-order valence-corrected chi connectivity index (χ2v) is 4.96. The molecule has 1 aliphatic heterocycles. The third kappa shape index (κ3) is 2.36. The Morgan fingerprint density at radius 1 is 1.35 bits per heavy atom. The fourth-order valence-corrected chi connectivity index (χ4v) is 2.52. The van der Waals surface area contributed by atoms with Gasteiger partial charge in [-0.1, -0.05) is 26.0 Å². The van der Waals surface area contributed by atoms with E-state index in [0.717, 1.165) is 13.0 Å². The molecule has 92 valence electrons. The summed E-state index contributed by atoms with van der Waals surface area (Å²) >= 11 is 0. The van der Waals surface area contributed by atoms with Gasteiger partial charge in [-0.05, 0) is 31.0 Å². The molecule has 0 amide bonds. The summed E-state index contributed by atoms with van der Waals surface area (Å²) in [5.41, 5.74) is 2.62. The Hall–Kier alpha value is -1.31. The van der Waals surface area contributed by atoms with Gasteiger partial charge in [-0.15, -0.1) is 0 Å². The van der Waals surface area contributed by atoms with Gasteiger partial charge in [0, 0.05) is 30.6 Å². The molecule has 2 atom stereocenters. The molecule has 1 fully saturated rings. The molecule has 1 saturated heterocycles. The van der Waals surface area contributed by atoms with E-state index in [0.29, 0.717) is 18.2 Å². The lowest BCUT2D eigenvalue weighted by Crippen LogP contribution is -2.47. The van der Waals surface area contributed by atoms with Crippen molar-refractivity contribution in [2.24, 2.45) is 5.92 Å². The van der Waals surface area contributed by atoms with Crippen molar-refractivity contribution in [3.05, 3.63) is 29.8 Å². The first-order chi connectivity index (χ1) is 8.13. The van der Waals surface area contributed by atoms with Crippen LogP contribution in [-0.2, 0) is 11.2 Å². The summed E-state index contributed by atoms with van der Waals surface area (Å²) in [6, 6.07) is 8.98. The lowest BCUT2D eigenvalue weighted by Gasteiger charge is -2.38. The van der Waals surface area contributed by atoms with Gasteiger partial charge >= 0.3 is 0 Å². The van der Waals surface area contributed by atoms with Crippen LogP contribution in [0.3, 0.4) is 0 Å². The molecule has 0 spiro atoms. The van der Waals surface area contributed by atoms with Crippen molar-refractivity contribution in [1.29, 1.82) is 0 Å². The molecule has 2 heteroatoms. The van der Waals surface area contributed by atoms with E-state index in [-0.39, 0.29) is 5.92 Å². The fraction of sp³-hybridized carbons (Fsp3) is 0.533. The van der Waals surface area contributed by atoms with Crippen LogP contribution < -0.4 is 4.90 Å². The number of carbonyl (C=O) groups is 1. The van der Waals surface area contributed by atoms with Crippen LogP contribution in [0.25, 0.3) is 0 Å². The molecule has 2 nitrogen and oxygen atoms in total. The maximum Gasteiger partial charge on any atom is 0.139 e. The predicted octanol–water partition coefficient (Wildman–Crippen LogP) is 3.05. The highest BCUT2D eigenvalue weighted by Crippen LogP contribution is 2.27. The van der Waals surface area contributed by atoms with Crippen LogP contribution in [0, 0.1) is 5.92 Å². The van der Waals surface area contributed by atoms with Gasteiger partial charge in [0.25, 0.3) is 0 Å². The molecule has 17 heavy (non-hydrogen) atoms. The Kier molecular flexibility index (Phi) is 3.51. The number of benzene rings is 1. The van der Waals surface area contributed by atoms with Crippen molar-refractivity contribution in [3.63, 3.8) is 0 Å². The largest absolute Gasteiger partial charge is 0.368 e. The van der Waals surface area contributed by atoms with Crippen LogP contribution in [0.1, 0.15) is 32.8 Å². The summed E-state index contributed by atoms with van der Waals surface area (Å²) < 4.78 is 0. The Morgan fingerprint density at radius 2 is 2.12 bits per heavy atom. The Labute approximate surface area is 104 Å². The molecule has 0 aromatic heterocycles. The highest BCUT2D eigenvalue weighted by Gasteiger charge is 2.30. The van der Waals surface area contributed by atoms with Crippen LogP contribution in [0.2, 0.25) is 0 Å². The topological polar surface area (TPSA) is 20.3 Å². The van der Waals surface area contributed by atoms with E-state index in [1.807, 2.05) is 6.92 Å². The second-order valence-electron chi connectivity index (χ2n) is 4.96. The van der Waals surface area contributed by atoms with E-state index >= 15 is 0 Å². The number of carbonyl (C=O) groups excluding carboxylic acids is 1. The molecule has 1 aliphatic rings. The summed E-state index contributed by atoms with van der Waals surface area (Å²) in [5, 5.41) is 0. The van der Waals surface area contributed by atoms with Gasteiger partial charge in [0.1, 0.15) is 5.78 Å². The number of piperidine rings is 1. The van der Waals surface area contributed by atoms with Crippen LogP contribution in [0.5, 0.6) is 0 Å². The molecule has 0 radical (unpaired) electrons. The van der Waals surface area contributed by atoms with Crippen molar-refractivity contribution in [1.82, 2.24) is 0 Å². The van der Waals surface area contributed by atoms with Gasteiger partial charge in [-0.3, -0.25) is 4.79 Å². The molecule has 0 saturated carbocycles. The van der Waals surface area contributed by atoms with E-state index < -0.39 is 0 Å². The average molecular weight is 231 g/mol. The molecule has 1 heterocycles. The first-order valence-electron chi connectivity index (χ1n) is 6.51. The Bertz CT molecular complexity index is 413. The summed E-state index contributed by atoms with van der Waals surface area (Å²) in [6.45, 7) is 7.23. The third-order valence-corrected chi connectivity index (χ3v) is 3.97. The van der Waals surface area contributed by atoms with E-state index in [4.69, 9.17) is 0 Å². The monoisotopic (exact) mass is 231 g/mol. The zero-order valence-corrected chi connectivity index (χ0v) is 10.9. The van der Waals surface area contributed by atoms with Gasteiger partial charge in [0.05, 0.1) is 0 Å². The number of nitrogens with zero attached hydrogens (tertiary/aromatic N) is 1. The minimum atomic E-state index is 0.147. The lowest BCUT2D eigenvalue weighted by molar-refractivity contribution is -0.123. The number of anilines is 1. The number of aryl methyl sites for hydroxylation is 1. The van der Waals surface area contributed by atoms with Crippen molar-refractivity contribution in [3.8, 4) is 0 Å². The van der Waals surface area contributed by atoms with Crippen LogP contribution in [-0.4, -0.2) is 18.4 Å². The standard InChI is InChI=1S/C15H21NO/c1-4-13-6-5-7-14(10-13)16-9-8-15(17)11(2)12(16)3/h5-7,10-12H,4,8-9H2,1-3H3. The summed E-state index contributed by atoms with van der Waals surface area (Å²) in [5.74, 6) is 0.550. The smallest absolute Gasteiger partial charge is 0.139 e. The predicted molar refractivity (Wildman–Crippen MR) is 71.4 cm³/mol. The van der Waals surface area contributed by atoms with E-state index in [2.05, 4.69) is 43.0 Å². The Morgan fingerprint density at radius 3 is 2.82 bits per heavy atom. The average Bonchev–Trinajstić information content (AvgIpc) is 2.36. The number of hydrogen-bond acceptors (Lipinski definition) is 2. The number of Topliss-reactive ketones (excluding diaryl/α,β-unsaturated/α-hetero) is 1. The quantitative estimate of drug-likeness (QED) is 0.779. The molecule has 1 aromatic carbocycles. The summed E-state index contributed by atoms with van der Waals surface area (Å²) in [6.07, 6.45) is 1.74. The highest BCUT2D eigenvalue weighted by atomic mass is 16.1. The normalized spacial score (nSPS) is 25.1. The van der Waals surface area contributed by atoms with Gasteiger partial charge in [-0.2, -0.15) is 0 Å². The van der Waals surface area contributed by atoms with E-state index in [1.165, 1.54) is 11.3 Å². The first-order valence-corrected chi connectivity index (χ1v) is 6.51. The molecular formula is C15H21NO. The van der Waals surface area contributed by atoms with Gasteiger partial charge < -0.3 is 4.90 Å². The molecular weight excluding hydrogens is 210 g/mol. The van der Waals surface area contributed by atoms with Crippen molar-refractivity contribution in [2.75, 3.05) is 11.4 Å². The zero-order valence-electron chi connectivity index (χ0n) is 10.9. The number of hydrogen-bond donors (Lipinski definition) is 0. The zero-order chi connectivity index (χ0) is 12.4. The molecule has 0 bridgehead atoms. The van der Waals surface area contributed by atoms with Gasteiger partial charge in [0.2, 0.25) is 0 Å². The van der Waals surface area contributed by atoms with Crippen LogP contribution in [0.15, 0.2) is 24.3 Å². The number of rotatable bonds is 2. The minimum Gasteiger partial charge on any atom is -0.368 e. The summed E-state index contributed by atoms with van der Waals surface area (Å²) in [7, 11) is 0. The molecule has 1 aromatic rings. The van der Waals surface area contributed by atoms with E-state index in [9.17, 15) is 4.79 Å². The van der Waals surface area contributed by atoms with Gasteiger partial charge in [0.15, 0.2) is 0 Å². The molecule has 2 rings (SSSR count). The van der Waals surface area contributed by atoms with Crippen LogP contribution >= 0.6 is 0 Å². The SMILES string of the molecule is CCc1cccc(N2CCC(=O)C(C)C2C)c1. The fourth-order valence-electron chi connectivity index (χ4n) is 2.52. The number of ketones is 1. The van der Waals surface area contributed by atoms with Crippen LogP contribution in [0.4, 0.5) is 5.69 Å². The van der Waals surface area contributed by atoms with Gasteiger partial charge in [-0.25, -0.2) is 0 Å². The minimum absolute atomic E-state index is 0.147. The second kappa shape index (κ2) is 4.91. The van der Waals surface area contributed by atoms with Crippen molar-refractivity contribution < 1.29 is 4.79 Å². The van der Waals surface area contributed by atoms with Crippen molar-refractivity contribution >= 4 is 11.5 Å². The molecule has 2 unspecified atom stereocenters. The highest BCUT2D eigenvalue weighted by molar-refractivity contribution is 5.84.